The minimum Gasteiger partial charge on any atom is -0.381 e. The lowest BCUT2D eigenvalue weighted by atomic mass is 10.3. The number of halogens is 1. The lowest BCUT2D eigenvalue weighted by molar-refractivity contribution is 0.121. The molecule has 1 nitrogen and oxygen atoms in total. The second-order valence-corrected chi connectivity index (χ2v) is 3.65. The smallest absolute Gasteiger partial charge is 0.0494 e. The maximum atomic E-state index is 5.53. The van der Waals surface area contributed by atoms with Crippen LogP contribution in [0.15, 0.2) is 0 Å². The minimum absolute atomic E-state index is 0.794. The summed E-state index contributed by atoms with van der Waals surface area (Å²) in [6, 6.07) is 0. The third-order valence-corrected chi connectivity index (χ3v) is 2.24. The fourth-order valence-corrected chi connectivity index (χ4v) is 1.20. The van der Waals surface area contributed by atoms with E-state index in [1.807, 2.05) is 0 Å². The van der Waals surface area contributed by atoms with Gasteiger partial charge in [-0.3, -0.25) is 0 Å². The molecule has 0 spiro atoms. The van der Waals surface area contributed by atoms with Crippen LogP contribution in [-0.2, 0) is 4.74 Å². The first-order valence-electron chi connectivity index (χ1n) is 4.57. The molecule has 0 amide bonds. The Morgan fingerprint density at radius 1 is 1.18 bits per heavy atom. The van der Waals surface area contributed by atoms with E-state index in [1.54, 1.807) is 0 Å². The molecule has 0 heterocycles. The third kappa shape index (κ3) is 5.51. The Labute approximate surface area is 74.1 Å². The largest absolute Gasteiger partial charge is 0.381 e. The van der Waals surface area contributed by atoms with Crippen LogP contribution in [0.25, 0.3) is 0 Å². The van der Waals surface area contributed by atoms with Gasteiger partial charge in [-0.15, -0.1) is 11.6 Å². The van der Waals surface area contributed by atoms with E-state index in [4.69, 9.17) is 16.3 Å². The van der Waals surface area contributed by atoms with E-state index in [0.29, 0.717) is 0 Å². The highest BCUT2D eigenvalue weighted by atomic mass is 35.5. The molecule has 0 radical (unpaired) electrons. The molecule has 0 aromatic heterocycles. The standard InChI is InChI=1S/C9H17ClO/c10-6-2-1-3-7-11-8-9-4-5-9/h9H,1-8H2. The molecule has 0 aliphatic heterocycles. The summed E-state index contributed by atoms with van der Waals surface area (Å²) < 4.78 is 5.46. The first-order chi connectivity index (χ1) is 5.43. The third-order valence-electron chi connectivity index (χ3n) is 1.97. The monoisotopic (exact) mass is 176 g/mol. The first kappa shape index (κ1) is 9.34. The van der Waals surface area contributed by atoms with E-state index < -0.39 is 0 Å². The summed E-state index contributed by atoms with van der Waals surface area (Å²) in [6.45, 7) is 1.94. The predicted molar refractivity (Wildman–Crippen MR) is 48.1 cm³/mol. The minimum atomic E-state index is 0.794. The molecule has 0 aromatic carbocycles. The van der Waals surface area contributed by atoms with Gasteiger partial charge < -0.3 is 4.74 Å². The summed E-state index contributed by atoms with van der Waals surface area (Å²) >= 11 is 5.53. The first-order valence-corrected chi connectivity index (χ1v) is 5.10. The second kappa shape index (κ2) is 5.84. The van der Waals surface area contributed by atoms with Gasteiger partial charge in [-0.1, -0.05) is 0 Å². The van der Waals surface area contributed by atoms with Crippen molar-refractivity contribution in [3.63, 3.8) is 0 Å². The molecule has 0 unspecified atom stereocenters. The highest BCUT2D eigenvalue weighted by molar-refractivity contribution is 6.17. The number of hydrogen-bond donors (Lipinski definition) is 0. The van der Waals surface area contributed by atoms with Crippen molar-refractivity contribution in [2.75, 3.05) is 19.1 Å². The fourth-order valence-electron chi connectivity index (χ4n) is 1.01. The molecule has 0 atom stereocenters. The lowest BCUT2D eigenvalue weighted by Gasteiger charge is -2.01. The van der Waals surface area contributed by atoms with Gasteiger partial charge in [-0.2, -0.15) is 0 Å². The molecule has 1 saturated carbocycles. The van der Waals surface area contributed by atoms with Crippen LogP contribution in [-0.4, -0.2) is 19.1 Å². The average Bonchev–Trinajstić information content (AvgIpc) is 2.80. The van der Waals surface area contributed by atoms with Crippen LogP contribution in [0.4, 0.5) is 0 Å². The van der Waals surface area contributed by atoms with Crippen molar-refractivity contribution in [2.45, 2.75) is 32.1 Å². The van der Waals surface area contributed by atoms with Crippen LogP contribution in [0, 0.1) is 5.92 Å². The zero-order valence-corrected chi connectivity index (χ0v) is 7.78. The van der Waals surface area contributed by atoms with Gasteiger partial charge in [0.2, 0.25) is 0 Å². The van der Waals surface area contributed by atoms with E-state index in [1.165, 1.54) is 25.7 Å². The van der Waals surface area contributed by atoms with E-state index in [-0.39, 0.29) is 0 Å². The Morgan fingerprint density at radius 3 is 2.64 bits per heavy atom. The Hall–Kier alpha value is 0.250. The van der Waals surface area contributed by atoms with Gasteiger partial charge in [-0.25, -0.2) is 0 Å². The normalized spacial score (nSPS) is 17.2. The number of ether oxygens (including phenoxy) is 1. The Kier molecular flexibility index (Phi) is 4.96. The van der Waals surface area contributed by atoms with E-state index in [9.17, 15) is 0 Å². The predicted octanol–water partition coefficient (Wildman–Crippen LogP) is 2.82. The van der Waals surface area contributed by atoms with E-state index in [2.05, 4.69) is 0 Å². The van der Waals surface area contributed by atoms with Crippen molar-refractivity contribution in [3.8, 4) is 0 Å². The van der Waals surface area contributed by atoms with Gasteiger partial charge in [0.25, 0.3) is 0 Å². The van der Waals surface area contributed by atoms with Crippen LogP contribution in [0.5, 0.6) is 0 Å². The van der Waals surface area contributed by atoms with Gasteiger partial charge in [0.1, 0.15) is 0 Å². The summed E-state index contributed by atoms with van der Waals surface area (Å²) in [5.41, 5.74) is 0. The molecule has 1 aliphatic rings. The van der Waals surface area contributed by atoms with Crippen molar-refractivity contribution in [1.82, 2.24) is 0 Å². The second-order valence-electron chi connectivity index (χ2n) is 3.27. The van der Waals surface area contributed by atoms with Crippen molar-refractivity contribution in [3.05, 3.63) is 0 Å². The van der Waals surface area contributed by atoms with Gasteiger partial charge in [-0.05, 0) is 38.0 Å². The van der Waals surface area contributed by atoms with E-state index in [0.717, 1.165) is 31.4 Å². The zero-order chi connectivity index (χ0) is 7.94. The maximum Gasteiger partial charge on any atom is 0.0494 e. The van der Waals surface area contributed by atoms with Crippen LogP contribution >= 0.6 is 11.6 Å². The quantitative estimate of drug-likeness (QED) is 0.428. The molecular formula is C9H17ClO. The molecule has 1 rings (SSSR count). The van der Waals surface area contributed by atoms with Crippen LogP contribution in [0.2, 0.25) is 0 Å². The number of hydrogen-bond acceptors (Lipinski definition) is 1. The molecule has 0 N–H and O–H groups in total. The SMILES string of the molecule is ClCCCCCOCC1CC1. The van der Waals surface area contributed by atoms with Crippen LogP contribution in [0.1, 0.15) is 32.1 Å². The fraction of sp³-hybridized carbons (Fsp3) is 1.00. The molecule has 1 aliphatic carbocycles. The van der Waals surface area contributed by atoms with Crippen molar-refractivity contribution < 1.29 is 4.74 Å². The number of rotatable bonds is 7. The summed E-state index contributed by atoms with van der Waals surface area (Å²) in [5, 5.41) is 0. The maximum absolute atomic E-state index is 5.53. The molecule has 2 heteroatoms. The Morgan fingerprint density at radius 2 is 2.00 bits per heavy atom. The summed E-state index contributed by atoms with van der Waals surface area (Å²) in [6.07, 6.45) is 6.31. The topological polar surface area (TPSA) is 9.23 Å². The van der Waals surface area contributed by atoms with Crippen LogP contribution in [0.3, 0.4) is 0 Å². The van der Waals surface area contributed by atoms with Crippen molar-refractivity contribution >= 4 is 11.6 Å². The molecule has 0 saturated heterocycles. The van der Waals surface area contributed by atoms with Crippen molar-refractivity contribution in [2.24, 2.45) is 5.92 Å². The van der Waals surface area contributed by atoms with Gasteiger partial charge in [0.05, 0.1) is 0 Å². The number of alkyl halides is 1. The Bertz CT molecular complexity index is 91.6. The molecular weight excluding hydrogens is 160 g/mol. The summed E-state index contributed by atoms with van der Waals surface area (Å²) in [7, 11) is 0. The zero-order valence-electron chi connectivity index (χ0n) is 7.02. The Balaban J connectivity index is 1.66. The molecule has 1 fully saturated rings. The van der Waals surface area contributed by atoms with Crippen molar-refractivity contribution in [1.29, 1.82) is 0 Å². The van der Waals surface area contributed by atoms with E-state index >= 15 is 0 Å². The summed E-state index contributed by atoms with van der Waals surface area (Å²) in [5.74, 6) is 1.70. The molecule has 0 bridgehead atoms. The van der Waals surface area contributed by atoms with Gasteiger partial charge >= 0.3 is 0 Å². The van der Waals surface area contributed by atoms with Gasteiger partial charge in [0, 0.05) is 19.1 Å². The average molecular weight is 177 g/mol. The molecule has 0 aromatic rings. The lowest BCUT2D eigenvalue weighted by Crippen LogP contribution is -1.98. The molecule has 11 heavy (non-hydrogen) atoms. The molecule has 66 valence electrons. The van der Waals surface area contributed by atoms with Gasteiger partial charge in [0.15, 0.2) is 0 Å². The highest BCUT2D eigenvalue weighted by Crippen LogP contribution is 2.28. The van der Waals surface area contributed by atoms with Crippen LogP contribution < -0.4 is 0 Å². The summed E-state index contributed by atoms with van der Waals surface area (Å²) in [4.78, 5) is 0. The number of unbranched alkanes of at least 4 members (excludes halogenated alkanes) is 2. The highest BCUT2D eigenvalue weighted by Gasteiger charge is 2.20.